The van der Waals surface area contributed by atoms with Crippen molar-refractivity contribution in [3.05, 3.63) is 22.8 Å². The third-order valence-corrected chi connectivity index (χ3v) is 2.56. The Morgan fingerprint density at radius 2 is 1.50 bits per heavy atom. The molecule has 0 saturated heterocycles. The zero-order chi connectivity index (χ0) is 10.6. The number of hydrogen-bond acceptors (Lipinski definition) is 1. The van der Waals surface area contributed by atoms with Crippen LogP contribution in [0.4, 0.5) is 0 Å². The van der Waals surface area contributed by atoms with E-state index in [0.29, 0.717) is 0 Å². The van der Waals surface area contributed by atoms with Crippen LogP contribution in [0.25, 0.3) is 0 Å². The number of hydrogen-bond donors (Lipinski definition) is 1. The van der Waals surface area contributed by atoms with E-state index in [9.17, 15) is 0 Å². The van der Waals surface area contributed by atoms with Crippen LogP contribution in [0, 0.1) is 11.5 Å². The minimum absolute atomic E-state index is 0. The molecular weight excluding hydrogens is 283 g/mol. The standard InChI is InChI=1S/C10H15.CH2O2.2ClH.Ti/c1-7-6-10(4,5)9(3)8(7)2;2-1-3;;;/h1-5H3;1H,(H,2,3);2*1H;/q-1;;;;+3/p-2. The SMILES string of the molecule is CC1=[C-]C(C)(C)C(C)=C1C.O=CO.[Cl-].[Cl-].[Ti+3]. The fraction of sp³-hybridized carbons (Fsp3) is 0.545. The van der Waals surface area contributed by atoms with E-state index < -0.39 is 0 Å². The molecule has 91 valence electrons. The molecular formula is C11H17Cl2O2Ti. The molecule has 0 aromatic rings. The van der Waals surface area contributed by atoms with E-state index in [1.54, 1.807) is 0 Å². The third kappa shape index (κ3) is 6.75. The zero-order valence-corrected chi connectivity index (χ0v) is 13.3. The van der Waals surface area contributed by atoms with Crippen LogP contribution in [0.15, 0.2) is 16.7 Å². The Morgan fingerprint density at radius 3 is 1.56 bits per heavy atom. The molecule has 2 nitrogen and oxygen atoms in total. The van der Waals surface area contributed by atoms with Crippen LogP contribution in [-0.4, -0.2) is 11.6 Å². The van der Waals surface area contributed by atoms with Gasteiger partial charge in [-0.15, -0.1) is 6.92 Å². The van der Waals surface area contributed by atoms with E-state index in [2.05, 4.69) is 40.7 Å². The molecule has 0 bridgehead atoms. The maximum absolute atomic E-state index is 8.36. The summed E-state index contributed by atoms with van der Waals surface area (Å²) in [7, 11) is 0. The summed E-state index contributed by atoms with van der Waals surface area (Å²) in [6, 6.07) is 0. The largest absolute Gasteiger partial charge is 3.00 e. The molecule has 1 aliphatic rings. The van der Waals surface area contributed by atoms with Gasteiger partial charge in [0.15, 0.2) is 0 Å². The number of carbonyl (C=O) groups is 1. The number of rotatable bonds is 0. The van der Waals surface area contributed by atoms with Gasteiger partial charge in [-0.1, -0.05) is 33.1 Å². The van der Waals surface area contributed by atoms with E-state index in [0.717, 1.165) is 0 Å². The molecule has 16 heavy (non-hydrogen) atoms. The number of carboxylic acid groups (broad SMARTS) is 1. The van der Waals surface area contributed by atoms with Crippen molar-refractivity contribution < 1.29 is 56.4 Å². The Kier molecular flexibility index (Phi) is 16.4. The average Bonchev–Trinajstić information content (AvgIpc) is 2.16. The maximum atomic E-state index is 8.36. The Morgan fingerprint density at radius 1 is 1.19 bits per heavy atom. The summed E-state index contributed by atoms with van der Waals surface area (Å²) in [5.74, 6) is 0. The summed E-state index contributed by atoms with van der Waals surface area (Å²) < 4.78 is 0. The molecule has 0 heterocycles. The van der Waals surface area contributed by atoms with E-state index in [4.69, 9.17) is 9.90 Å². The summed E-state index contributed by atoms with van der Waals surface area (Å²) in [5.41, 5.74) is 4.39. The van der Waals surface area contributed by atoms with Gasteiger partial charge in [-0.25, -0.2) is 5.57 Å². The molecule has 0 amide bonds. The van der Waals surface area contributed by atoms with Crippen LogP contribution < -0.4 is 24.8 Å². The molecule has 0 spiro atoms. The molecule has 0 aliphatic heterocycles. The predicted molar refractivity (Wildman–Crippen MR) is 53.3 cm³/mol. The fourth-order valence-electron chi connectivity index (χ4n) is 1.41. The fourth-order valence-corrected chi connectivity index (χ4v) is 1.41. The topological polar surface area (TPSA) is 37.3 Å². The van der Waals surface area contributed by atoms with Gasteiger partial charge in [-0.3, -0.25) is 10.9 Å². The van der Waals surface area contributed by atoms with Crippen molar-refractivity contribution in [2.24, 2.45) is 5.41 Å². The summed E-state index contributed by atoms with van der Waals surface area (Å²) in [5, 5.41) is 6.89. The third-order valence-electron chi connectivity index (χ3n) is 2.56. The van der Waals surface area contributed by atoms with Gasteiger partial charge in [0.25, 0.3) is 6.47 Å². The Labute approximate surface area is 125 Å². The van der Waals surface area contributed by atoms with Crippen LogP contribution in [0.5, 0.6) is 0 Å². The first-order chi connectivity index (χ1) is 5.86. The first-order valence-electron chi connectivity index (χ1n) is 4.24. The van der Waals surface area contributed by atoms with Crippen molar-refractivity contribution >= 4 is 6.47 Å². The predicted octanol–water partition coefficient (Wildman–Crippen LogP) is -3.18. The zero-order valence-electron chi connectivity index (χ0n) is 10.2. The molecule has 0 fully saturated rings. The Hall–Kier alpha value is 0.244. The molecule has 1 radical (unpaired) electrons. The number of allylic oxidation sites excluding steroid dienone is 4. The maximum Gasteiger partial charge on any atom is 3.00 e. The molecule has 0 aromatic heterocycles. The van der Waals surface area contributed by atoms with Crippen molar-refractivity contribution in [1.82, 2.24) is 0 Å². The van der Waals surface area contributed by atoms with E-state index in [1.807, 2.05) is 0 Å². The van der Waals surface area contributed by atoms with Crippen molar-refractivity contribution in [1.29, 1.82) is 0 Å². The Balaban J connectivity index is -0.000000109. The first-order valence-corrected chi connectivity index (χ1v) is 4.24. The van der Waals surface area contributed by atoms with Gasteiger partial charge >= 0.3 is 21.7 Å². The molecule has 1 N–H and O–H groups in total. The minimum atomic E-state index is -0.250. The van der Waals surface area contributed by atoms with E-state index >= 15 is 0 Å². The molecule has 0 atom stereocenters. The van der Waals surface area contributed by atoms with E-state index in [-0.39, 0.29) is 58.4 Å². The minimum Gasteiger partial charge on any atom is -1.00 e. The van der Waals surface area contributed by atoms with Gasteiger partial charge in [0.05, 0.1) is 0 Å². The van der Waals surface area contributed by atoms with Gasteiger partial charge in [0.2, 0.25) is 0 Å². The van der Waals surface area contributed by atoms with Crippen LogP contribution in [0.1, 0.15) is 34.6 Å². The normalized spacial score (nSPS) is 15.4. The number of halogens is 2. The van der Waals surface area contributed by atoms with Gasteiger partial charge < -0.3 is 29.9 Å². The molecule has 1 rings (SSSR count). The van der Waals surface area contributed by atoms with Gasteiger partial charge in [-0.2, -0.15) is 11.1 Å². The van der Waals surface area contributed by atoms with Crippen molar-refractivity contribution in [2.45, 2.75) is 34.6 Å². The first kappa shape index (κ1) is 25.2. The molecule has 0 unspecified atom stereocenters. The molecule has 0 aromatic carbocycles. The second-order valence-corrected chi connectivity index (χ2v) is 3.73. The molecule has 5 heteroatoms. The summed E-state index contributed by atoms with van der Waals surface area (Å²) in [4.78, 5) is 8.36. The quantitative estimate of drug-likeness (QED) is 0.291. The van der Waals surface area contributed by atoms with Gasteiger partial charge in [0, 0.05) is 0 Å². The van der Waals surface area contributed by atoms with Crippen LogP contribution >= 0.6 is 0 Å². The van der Waals surface area contributed by atoms with Crippen LogP contribution in [0.2, 0.25) is 0 Å². The smallest absolute Gasteiger partial charge is 1.00 e. The summed E-state index contributed by atoms with van der Waals surface area (Å²) >= 11 is 0. The van der Waals surface area contributed by atoms with Crippen molar-refractivity contribution in [2.75, 3.05) is 0 Å². The van der Waals surface area contributed by atoms with Crippen LogP contribution in [-0.2, 0) is 26.5 Å². The monoisotopic (exact) mass is 299 g/mol. The second-order valence-electron chi connectivity index (χ2n) is 3.73. The second kappa shape index (κ2) is 10.4. The van der Waals surface area contributed by atoms with Crippen molar-refractivity contribution in [3.63, 3.8) is 0 Å². The van der Waals surface area contributed by atoms with Crippen molar-refractivity contribution in [3.8, 4) is 0 Å². The van der Waals surface area contributed by atoms with Gasteiger partial charge in [-0.05, 0) is 0 Å². The average molecular weight is 300 g/mol. The summed E-state index contributed by atoms with van der Waals surface area (Å²) in [6.45, 7) is 10.7. The van der Waals surface area contributed by atoms with Crippen LogP contribution in [0.3, 0.4) is 0 Å². The molecule has 0 saturated carbocycles. The van der Waals surface area contributed by atoms with Gasteiger partial charge in [0.1, 0.15) is 0 Å². The molecule has 1 aliphatic carbocycles. The Bertz CT molecular complexity index is 271. The van der Waals surface area contributed by atoms with E-state index in [1.165, 1.54) is 16.7 Å². The summed E-state index contributed by atoms with van der Waals surface area (Å²) in [6.07, 6.45) is 3.44.